The van der Waals surface area contributed by atoms with Gasteiger partial charge in [-0.05, 0) is 73.1 Å². The number of likely N-dealkylation sites (N-methyl/N-ethyl adjacent to an activating group) is 1. The number of carbonyl (C=O) groups is 3. The summed E-state index contributed by atoms with van der Waals surface area (Å²) in [6, 6.07) is 4.07. The number of nitro benzene ring substituents is 1. The summed E-state index contributed by atoms with van der Waals surface area (Å²) in [6.07, 6.45) is 1.16. The third kappa shape index (κ3) is 7.13. The molecule has 0 saturated heterocycles. The van der Waals surface area contributed by atoms with E-state index < -0.39 is 45.0 Å². The van der Waals surface area contributed by atoms with Gasteiger partial charge in [0.15, 0.2) is 5.75 Å². The Balaban J connectivity index is 3.80. The van der Waals surface area contributed by atoms with Crippen LogP contribution in [0.15, 0.2) is 17.7 Å². The Hall–Kier alpha value is -3.74. The molecule has 0 bridgehead atoms. The van der Waals surface area contributed by atoms with E-state index >= 15 is 0 Å². The highest BCUT2D eigenvalue weighted by molar-refractivity contribution is 6.02. The highest BCUT2D eigenvalue weighted by Crippen LogP contribution is 2.41. The zero-order chi connectivity index (χ0) is 26.4. The number of nitro groups is 1. The minimum atomic E-state index is -0.998. The second kappa shape index (κ2) is 10.9. The van der Waals surface area contributed by atoms with Crippen LogP contribution in [0.3, 0.4) is 0 Å². The van der Waals surface area contributed by atoms with E-state index in [-0.39, 0.29) is 16.9 Å². The molecule has 0 aromatic heterocycles. The molecule has 0 fully saturated rings. The molecule has 1 rings (SSSR count). The Morgan fingerprint density at radius 1 is 1.03 bits per heavy atom. The Bertz CT molecular complexity index is 1050. The molecule has 0 saturated carbocycles. The van der Waals surface area contributed by atoms with Gasteiger partial charge in [-0.1, -0.05) is 0 Å². The van der Waals surface area contributed by atoms with Crippen LogP contribution < -0.4 is 9.47 Å². The van der Waals surface area contributed by atoms with Gasteiger partial charge in [-0.2, -0.15) is 5.26 Å². The number of nitriles is 1. The number of ether oxygens (including phenoxy) is 2. The van der Waals surface area contributed by atoms with Crippen molar-refractivity contribution in [3.8, 4) is 17.6 Å². The SMILES string of the molecule is CCN(CC)C(=O)C(C#N)=Cc1cc(OC(=O)C(C)(C)C)c(OC(=O)C(C)(C)C)c([N+](=O)[O-])c1. The maximum atomic E-state index is 12.6. The second-order valence-corrected chi connectivity index (χ2v) is 9.55. The lowest BCUT2D eigenvalue weighted by molar-refractivity contribution is -0.385. The molecule has 0 N–H and O–H groups in total. The van der Waals surface area contributed by atoms with Crippen LogP contribution in [0.25, 0.3) is 6.08 Å². The summed E-state index contributed by atoms with van der Waals surface area (Å²) in [6.45, 7) is 13.7. The number of hydrogen-bond acceptors (Lipinski definition) is 8. The summed E-state index contributed by atoms with van der Waals surface area (Å²) in [5.41, 5.74) is -2.83. The summed E-state index contributed by atoms with van der Waals surface area (Å²) in [4.78, 5) is 50.1. The number of carbonyl (C=O) groups excluding carboxylic acids is 3. The van der Waals surface area contributed by atoms with E-state index in [1.807, 2.05) is 0 Å². The number of benzene rings is 1. The first-order valence-electron chi connectivity index (χ1n) is 10.7. The highest BCUT2D eigenvalue weighted by Gasteiger charge is 2.33. The average Bonchev–Trinajstić information content (AvgIpc) is 2.72. The molecule has 0 aliphatic heterocycles. The third-order valence-electron chi connectivity index (χ3n) is 4.59. The number of rotatable bonds is 7. The first-order valence-corrected chi connectivity index (χ1v) is 10.7. The number of esters is 2. The van der Waals surface area contributed by atoms with Gasteiger partial charge in [0.1, 0.15) is 11.6 Å². The van der Waals surface area contributed by atoms with E-state index in [4.69, 9.17) is 9.47 Å². The molecule has 10 heteroatoms. The fourth-order valence-electron chi connectivity index (χ4n) is 2.49. The lowest BCUT2D eigenvalue weighted by atomic mass is 9.97. The number of hydrogen-bond donors (Lipinski definition) is 0. The quantitative estimate of drug-likeness (QED) is 0.143. The predicted molar refractivity (Wildman–Crippen MR) is 125 cm³/mol. The van der Waals surface area contributed by atoms with Gasteiger partial charge in [0.25, 0.3) is 11.7 Å². The van der Waals surface area contributed by atoms with Crippen molar-refractivity contribution in [2.45, 2.75) is 55.4 Å². The molecule has 0 unspecified atom stereocenters. The van der Waals surface area contributed by atoms with Gasteiger partial charge in [0.2, 0.25) is 0 Å². The largest absolute Gasteiger partial charge is 0.422 e. The Morgan fingerprint density at radius 3 is 1.94 bits per heavy atom. The maximum absolute atomic E-state index is 12.6. The van der Waals surface area contributed by atoms with Crippen LogP contribution in [-0.4, -0.2) is 40.8 Å². The Kier molecular flexibility index (Phi) is 9.09. The van der Waals surface area contributed by atoms with Crippen molar-refractivity contribution in [3.63, 3.8) is 0 Å². The smallest absolute Gasteiger partial charge is 0.316 e. The molecule has 0 heterocycles. The Labute approximate surface area is 199 Å². The fraction of sp³-hybridized carbons (Fsp3) is 0.500. The van der Waals surface area contributed by atoms with Crippen molar-refractivity contribution in [1.29, 1.82) is 5.26 Å². The zero-order valence-electron chi connectivity index (χ0n) is 20.8. The van der Waals surface area contributed by atoms with Crippen LogP contribution in [0.5, 0.6) is 11.5 Å². The number of amides is 1. The normalized spacial score (nSPS) is 11.9. The second-order valence-electron chi connectivity index (χ2n) is 9.55. The summed E-state index contributed by atoms with van der Waals surface area (Å²) in [7, 11) is 0. The molecule has 0 aliphatic carbocycles. The van der Waals surface area contributed by atoms with Gasteiger partial charge in [-0.3, -0.25) is 24.5 Å². The number of nitrogens with zero attached hydrogens (tertiary/aromatic N) is 3. The zero-order valence-corrected chi connectivity index (χ0v) is 20.8. The topological polar surface area (TPSA) is 140 Å². The van der Waals surface area contributed by atoms with Crippen LogP contribution in [0, 0.1) is 32.3 Å². The molecule has 1 aromatic carbocycles. The fourth-order valence-corrected chi connectivity index (χ4v) is 2.49. The van der Waals surface area contributed by atoms with Crippen LogP contribution in [0.1, 0.15) is 61.0 Å². The molecule has 184 valence electrons. The van der Waals surface area contributed by atoms with E-state index in [0.717, 1.165) is 12.1 Å². The van der Waals surface area contributed by atoms with Gasteiger partial charge in [0, 0.05) is 19.2 Å². The molecule has 1 amide bonds. The van der Waals surface area contributed by atoms with Crippen LogP contribution in [0.2, 0.25) is 0 Å². The molecular formula is C24H31N3O7. The van der Waals surface area contributed by atoms with Crippen LogP contribution >= 0.6 is 0 Å². The highest BCUT2D eigenvalue weighted by atomic mass is 16.6. The molecule has 0 radical (unpaired) electrons. The van der Waals surface area contributed by atoms with Crippen molar-refractivity contribution in [1.82, 2.24) is 4.90 Å². The van der Waals surface area contributed by atoms with Gasteiger partial charge in [-0.15, -0.1) is 0 Å². The van der Waals surface area contributed by atoms with Crippen molar-refractivity contribution >= 4 is 29.6 Å². The summed E-state index contributed by atoms with van der Waals surface area (Å²) < 4.78 is 10.7. The molecule has 0 atom stereocenters. The van der Waals surface area contributed by atoms with E-state index in [1.165, 1.54) is 11.0 Å². The van der Waals surface area contributed by atoms with Gasteiger partial charge in [0.05, 0.1) is 15.8 Å². The summed E-state index contributed by atoms with van der Waals surface area (Å²) in [5, 5.41) is 21.3. The standard InChI is InChI=1S/C24H31N3O7/c1-9-26(10-2)20(28)16(14-25)11-15-12-17(27(31)32)19(34-22(30)24(6,7)8)18(13-15)33-21(29)23(3,4)5/h11-13H,9-10H2,1-8H3. The molecular weight excluding hydrogens is 442 g/mol. The monoisotopic (exact) mass is 473 g/mol. The first-order chi connectivity index (χ1) is 15.6. The van der Waals surface area contributed by atoms with E-state index in [1.54, 1.807) is 61.5 Å². The third-order valence-corrected chi connectivity index (χ3v) is 4.59. The summed E-state index contributed by atoms with van der Waals surface area (Å²) >= 11 is 0. The lowest BCUT2D eigenvalue weighted by Crippen LogP contribution is -2.31. The predicted octanol–water partition coefficient (Wildman–Crippen LogP) is 4.27. The Morgan fingerprint density at radius 2 is 1.53 bits per heavy atom. The van der Waals surface area contributed by atoms with Gasteiger partial charge >= 0.3 is 17.6 Å². The van der Waals surface area contributed by atoms with Gasteiger partial charge in [-0.25, -0.2) is 0 Å². The molecule has 34 heavy (non-hydrogen) atoms. The van der Waals surface area contributed by atoms with Crippen LogP contribution in [0.4, 0.5) is 5.69 Å². The van der Waals surface area contributed by atoms with E-state index in [9.17, 15) is 29.8 Å². The van der Waals surface area contributed by atoms with Gasteiger partial charge < -0.3 is 14.4 Å². The van der Waals surface area contributed by atoms with E-state index in [0.29, 0.717) is 13.1 Å². The molecule has 0 spiro atoms. The minimum absolute atomic E-state index is 0.0519. The maximum Gasteiger partial charge on any atom is 0.316 e. The summed E-state index contributed by atoms with van der Waals surface area (Å²) in [5.74, 6) is -2.96. The van der Waals surface area contributed by atoms with Crippen molar-refractivity contribution in [2.75, 3.05) is 13.1 Å². The van der Waals surface area contributed by atoms with Crippen molar-refractivity contribution < 1.29 is 28.8 Å². The van der Waals surface area contributed by atoms with Crippen LogP contribution in [-0.2, 0) is 14.4 Å². The average molecular weight is 474 g/mol. The molecule has 1 aromatic rings. The van der Waals surface area contributed by atoms with Crippen molar-refractivity contribution in [3.05, 3.63) is 33.4 Å². The molecule has 0 aliphatic rings. The minimum Gasteiger partial charge on any atom is -0.422 e. The molecule has 10 nitrogen and oxygen atoms in total. The lowest BCUT2D eigenvalue weighted by Gasteiger charge is -2.20. The van der Waals surface area contributed by atoms with E-state index in [2.05, 4.69) is 0 Å². The first kappa shape index (κ1) is 28.3. The van der Waals surface area contributed by atoms with Crippen molar-refractivity contribution in [2.24, 2.45) is 10.8 Å².